The monoisotopic (exact) mass is 431 g/mol. The lowest BCUT2D eigenvalue weighted by Gasteiger charge is -2.09. The van der Waals surface area contributed by atoms with Gasteiger partial charge in [-0.2, -0.15) is 13.2 Å². The number of rotatable bonds is 15. The zero-order chi connectivity index (χ0) is 22.2. The molecule has 0 aliphatic heterocycles. The molecule has 0 aliphatic rings. The molecular weight excluding hydrogens is 399 g/mol. The van der Waals surface area contributed by atoms with E-state index in [4.69, 9.17) is 4.74 Å². The van der Waals surface area contributed by atoms with Crippen molar-refractivity contribution in [1.82, 2.24) is 5.32 Å². The summed E-state index contributed by atoms with van der Waals surface area (Å²) >= 11 is 0. The summed E-state index contributed by atoms with van der Waals surface area (Å²) in [6.07, 6.45) is 3.79. The fourth-order valence-corrected chi connectivity index (χ4v) is 2.80. The number of unbranched alkanes of at least 4 members (excludes halogenated alkanes) is 6. The van der Waals surface area contributed by atoms with E-state index in [1.165, 1.54) is 38.5 Å². The van der Waals surface area contributed by atoms with Gasteiger partial charge in [0, 0.05) is 6.54 Å². The summed E-state index contributed by atoms with van der Waals surface area (Å²) in [5.41, 5.74) is 1.05. The first-order valence-corrected chi connectivity index (χ1v) is 10.6. The predicted octanol–water partition coefficient (Wildman–Crippen LogP) is 4.97. The van der Waals surface area contributed by atoms with E-state index in [2.05, 4.69) is 17.0 Å². The minimum Gasteiger partial charge on any atom is -0.494 e. The van der Waals surface area contributed by atoms with Gasteiger partial charge in [0.05, 0.1) is 13.0 Å². The van der Waals surface area contributed by atoms with Gasteiger partial charge in [-0.1, -0.05) is 57.6 Å². The normalized spacial score (nSPS) is 11.3. The molecule has 5 nitrogen and oxygen atoms in total. The van der Waals surface area contributed by atoms with Crippen LogP contribution < -0.4 is 10.1 Å². The number of hydrogen-bond donors (Lipinski definition) is 1. The van der Waals surface area contributed by atoms with Crippen LogP contribution in [0, 0.1) is 0 Å². The number of nitrogens with one attached hydrogen (secondary N) is 1. The maximum absolute atomic E-state index is 12.0. The van der Waals surface area contributed by atoms with Crippen LogP contribution in [0.1, 0.15) is 63.9 Å². The number of benzene rings is 1. The highest BCUT2D eigenvalue weighted by Gasteiger charge is 2.42. The number of alkyl halides is 3. The highest BCUT2D eigenvalue weighted by atomic mass is 19.4. The Morgan fingerprint density at radius 3 is 2.40 bits per heavy atom. The maximum Gasteiger partial charge on any atom is 0.491 e. The van der Waals surface area contributed by atoms with E-state index in [-0.39, 0.29) is 13.0 Å². The molecule has 170 valence electrons. The molecule has 0 aliphatic carbocycles. The Balaban J connectivity index is 2.14. The zero-order valence-electron chi connectivity index (χ0n) is 17.6. The van der Waals surface area contributed by atoms with Gasteiger partial charge in [0.15, 0.2) is 0 Å². The fourth-order valence-electron chi connectivity index (χ4n) is 2.80. The number of ether oxygens (including phenoxy) is 2. The van der Waals surface area contributed by atoms with Crippen molar-refractivity contribution in [3.8, 4) is 5.75 Å². The van der Waals surface area contributed by atoms with Gasteiger partial charge >= 0.3 is 18.1 Å². The third-order valence-electron chi connectivity index (χ3n) is 4.45. The van der Waals surface area contributed by atoms with Crippen molar-refractivity contribution in [1.29, 1.82) is 0 Å². The van der Waals surface area contributed by atoms with Crippen molar-refractivity contribution in [2.45, 2.75) is 70.9 Å². The standard InChI is InChI=1S/C22H32F3NO4/c1-2-3-4-5-6-7-8-16-29-19-11-9-10-18(17-19)12-14-26-15-13-20(27)30-21(28)22(23,24)25/h9-11,17,26H,2-8,12-16H2,1H3. The molecule has 0 saturated carbocycles. The lowest BCUT2D eigenvalue weighted by atomic mass is 10.1. The maximum atomic E-state index is 12.0. The average Bonchev–Trinajstić information content (AvgIpc) is 2.69. The first-order chi connectivity index (χ1) is 14.3. The van der Waals surface area contributed by atoms with E-state index in [0.717, 1.165) is 17.7 Å². The van der Waals surface area contributed by atoms with Gasteiger partial charge in [0.2, 0.25) is 0 Å². The van der Waals surface area contributed by atoms with Gasteiger partial charge in [0.1, 0.15) is 5.75 Å². The summed E-state index contributed by atoms with van der Waals surface area (Å²) in [5.74, 6) is -2.88. The van der Waals surface area contributed by atoms with Crippen molar-refractivity contribution >= 4 is 11.9 Å². The molecule has 0 spiro atoms. The van der Waals surface area contributed by atoms with Crippen molar-refractivity contribution in [2.75, 3.05) is 19.7 Å². The third kappa shape index (κ3) is 12.5. The zero-order valence-corrected chi connectivity index (χ0v) is 17.6. The Hall–Kier alpha value is -2.09. The van der Waals surface area contributed by atoms with Crippen molar-refractivity contribution in [3.63, 3.8) is 0 Å². The Morgan fingerprint density at radius 2 is 1.70 bits per heavy atom. The summed E-state index contributed by atoms with van der Waals surface area (Å²) in [6.45, 7) is 3.55. The number of carbonyl (C=O) groups excluding carboxylic acids is 2. The van der Waals surface area contributed by atoms with Crippen LogP contribution in [-0.4, -0.2) is 37.8 Å². The van der Waals surface area contributed by atoms with Gasteiger partial charge < -0.3 is 14.8 Å². The van der Waals surface area contributed by atoms with Crippen LogP contribution in [0.3, 0.4) is 0 Å². The molecule has 0 amide bonds. The summed E-state index contributed by atoms with van der Waals surface area (Å²) in [5, 5.41) is 2.94. The second-order valence-electron chi connectivity index (χ2n) is 7.13. The van der Waals surface area contributed by atoms with E-state index in [1.54, 1.807) is 0 Å². The SMILES string of the molecule is CCCCCCCCCOc1cccc(CCNCCC(=O)OC(=O)C(F)(F)F)c1. The molecule has 1 N–H and O–H groups in total. The Kier molecular flexibility index (Phi) is 12.8. The van der Waals surface area contributed by atoms with Crippen LogP contribution in [0.4, 0.5) is 13.2 Å². The number of esters is 2. The van der Waals surface area contributed by atoms with Crippen molar-refractivity contribution in [3.05, 3.63) is 29.8 Å². The van der Waals surface area contributed by atoms with E-state index in [1.807, 2.05) is 24.3 Å². The lowest BCUT2D eigenvalue weighted by molar-refractivity contribution is -0.201. The first-order valence-electron chi connectivity index (χ1n) is 10.6. The summed E-state index contributed by atoms with van der Waals surface area (Å²) in [4.78, 5) is 21.7. The summed E-state index contributed by atoms with van der Waals surface area (Å²) in [7, 11) is 0. The van der Waals surface area contributed by atoms with Crippen LogP contribution in [0.15, 0.2) is 24.3 Å². The summed E-state index contributed by atoms with van der Waals surface area (Å²) < 4.78 is 45.5. The molecule has 0 saturated heterocycles. The van der Waals surface area contributed by atoms with Gasteiger partial charge in [-0.15, -0.1) is 0 Å². The molecule has 1 rings (SSSR count). The largest absolute Gasteiger partial charge is 0.494 e. The topological polar surface area (TPSA) is 64.6 Å². The molecule has 1 aromatic carbocycles. The molecule has 30 heavy (non-hydrogen) atoms. The first kappa shape index (κ1) is 25.9. The second kappa shape index (κ2) is 14.8. The molecule has 8 heteroatoms. The van der Waals surface area contributed by atoms with Gasteiger partial charge in [-0.3, -0.25) is 4.79 Å². The lowest BCUT2D eigenvalue weighted by Crippen LogP contribution is -2.29. The predicted molar refractivity (Wildman–Crippen MR) is 108 cm³/mol. The molecule has 0 unspecified atom stereocenters. The highest BCUT2D eigenvalue weighted by Crippen LogP contribution is 2.17. The number of hydrogen-bond acceptors (Lipinski definition) is 5. The minimum absolute atomic E-state index is 0.123. The highest BCUT2D eigenvalue weighted by molar-refractivity contribution is 5.88. The summed E-state index contributed by atoms with van der Waals surface area (Å²) in [6, 6.07) is 7.74. The molecular formula is C22H32F3NO4. The van der Waals surface area contributed by atoms with Crippen LogP contribution in [0.2, 0.25) is 0 Å². The van der Waals surface area contributed by atoms with Crippen LogP contribution in [-0.2, 0) is 20.7 Å². The van der Waals surface area contributed by atoms with E-state index in [9.17, 15) is 22.8 Å². The molecule has 0 aromatic heterocycles. The number of halogens is 3. The van der Waals surface area contributed by atoms with Crippen molar-refractivity contribution < 1.29 is 32.2 Å². The quantitative estimate of drug-likeness (QED) is 0.241. The van der Waals surface area contributed by atoms with Gasteiger partial charge in [0.25, 0.3) is 0 Å². The third-order valence-corrected chi connectivity index (χ3v) is 4.45. The number of carbonyl (C=O) groups is 2. The van der Waals surface area contributed by atoms with E-state index < -0.39 is 18.1 Å². The Morgan fingerprint density at radius 1 is 1.00 bits per heavy atom. The van der Waals surface area contributed by atoms with Gasteiger partial charge in [-0.05, 0) is 37.1 Å². The molecule has 0 fully saturated rings. The molecule has 1 aromatic rings. The van der Waals surface area contributed by atoms with Crippen LogP contribution >= 0.6 is 0 Å². The van der Waals surface area contributed by atoms with Crippen molar-refractivity contribution in [2.24, 2.45) is 0 Å². The molecule has 0 atom stereocenters. The van der Waals surface area contributed by atoms with Crippen LogP contribution in [0.25, 0.3) is 0 Å². The van der Waals surface area contributed by atoms with E-state index in [0.29, 0.717) is 19.6 Å². The van der Waals surface area contributed by atoms with Gasteiger partial charge in [-0.25, -0.2) is 4.79 Å². The minimum atomic E-state index is -5.16. The molecule has 0 radical (unpaired) electrons. The smallest absolute Gasteiger partial charge is 0.491 e. The second-order valence-corrected chi connectivity index (χ2v) is 7.13. The molecule has 0 heterocycles. The molecule has 0 bridgehead atoms. The average molecular weight is 431 g/mol. The fraction of sp³-hybridized carbons (Fsp3) is 0.636. The van der Waals surface area contributed by atoms with E-state index >= 15 is 0 Å². The Labute approximate surface area is 176 Å². The Bertz CT molecular complexity index is 635. The van der Waals surface area contributed by atoms with Crippen LogP contribution in [0.5, 0.6) is 5.75 Å².